The molecule has 0 aromatic heterocycles. The second kappa shape index (κ2) is 6.17. The first-order valence-corrected chi connectivity index (χ1v) is 6.22. The van der Waals surface area contributed by atoms with Crippen molar-refractivity contribution in [3.8, 4) is 11.8 Å². The van der Waals surface area contributed by atoms with Crippen molar-refractivity contribution in [3.63, 3.8) is 0 Å². The molecule has 1 saturated heterocycles. The maximum atomic E-state index is 11.5. The highest BCUT2D eigenvalue weighted by molar-refractivity contribution is 6.01. The van der Waals surface area contributed by atoms with E-state index in [-0.39, 0.29) is 18.4 Å². The molecule has 1 aliphatic rings. The average molecular weight is 257 g/mol. The van der Waals surface area contributed by atoms with Crippen LogP contribution in [-0.4, -0.2) is 28.4 Å². The number of amides is 2. The first kappa shape index (κ1) is 13.3. The van der Waals surface area contributed by atoms with Gasteiger partial charge in [-0.3, -0.25) is 14.5 Å². The standard InChI is InChI=1S/C15H15NO3/c17-9-2-1-4-12-5-3-6-13(10-12)11-16-14(18)7-8-15(16)19/h3,5-6,10,17H,2,7-9,11H2. The molecule has 1 aliphatic heterocycles. The van der Waals surface area contributed by atoms with Gasteiger partial charge in [0.15, 0.2) is 0 Å². The van der Waals surface area contributed by atoms with Crippen LogP contribution in [0.1, 0.15) is 30.4 Å². The summed E-state index contributed by atoms with van der Waals surface area (Å²) < 4.78 is 0. The molecule has 0 spiro atoms. The van der Waals surface area contributed by atoms with Crippen LogP contribution in [0.15, 0.2) is 24.3 Å². The summed E-state index contributed by atoms with van der Waals surface area (Å²) in [4.78, 5) is 24.4. The second-order valence-corrected chi connectivity index (χ2v) is 4.35. The van der Waals surface area contributed by atoms with Gasteiger partial charge in [-0.15, -0.1) is 0 Å². The Morgan fingerprint density at radius 2 is 1.95 bits per heavy atom. The van der Waals surface area contributed by atoms with E-state index < -0.39 is 0 Å². The molecule has 0 unspecified atom stereocenters. The minimum Gasteiger partial charge on any atom is -0.395 e. The molecular weight excluding hydrogens is 242 g/mol. The molecule has 1 heterocycles. The third-order valence-electron chi connectivity index (χ3n) is 2.89. The molecule has 4 nitrogen and oxygen atoms in total. The fraction of sp³-hybridized carbons (Fsp3) is 0.333. The molecule has 2 amide bonds. The molecule has 0 saturated carbocycles. The van der Waals surface area contributed by atoms with Gasteiger partial charge in [0.25, 0.3) is 0 Å². The number of hydrogen-bond donors (Lipinski definition) is 1. The zero-order valence-corrected chi connectivity index (χ0v) is 10.6. The molecule has 19 heavy (non-hydrogen) atoms. The summed E-state index contributed by atoms with van der Waals surface area (Å²) >= 11 is 0. The number of hydrogen-bond acceptors (Lipinski definition) is 3. The molecule has 0 bridgehead atoms. The largest absolute Gasteiger partial charge is 0.395 e. The summed E-state index contributed by atoms with van der Waals surface area (Å²) in [5.41, 5.74) is 1.71. The van der Waals surface area contributed by atoms with E-state index >= 15 is 0 Å². The maximum Gasteiger partial charge on any atom is 0.229 e. The number of carbonyl (C=O) groups excluding carboxylic acids is 2. The van der Waals surface area contributed by atoms with E-state index in [0.717, 1.165) is 11.1 Å². The Labute approximate surface area is 112 Å². The van der Waals surface area contributed by atoms with Gasteiger partial charge in [-0.1, -0.05) is 24.0 Å². The Hall–Kier alpha value is -2.12. The number of carbonyl (C=O) groups is 2. The molecule has 98 valence electrons. The lowest BCUT2D eigenvalue weighted by Crippen LogP contribution is -2.28. The molecule has 0 radical (unpaired) electrons. The number of imide groups is 1. The second-order valence-electron chi connectivity index (χ2n) is 4.35. The smallest absolute Gasteiger partial charge is 0.229 e. The van der Waals surface area contributed by atoms with Crippen LogP contribution in [0.25, 0.3) is 0 Å². The average Bonchev–Trinajstić information content (AvgIpc) is 2.72. The van der Waals surface area contributed by atoms with Gasteiger partial charge in [0, 0.05) is 24.8 Å². The van der Waals surface area contributed by atoms with Crippen molar-refractivity contribution in [2.24, 2.45) is 0 Å². The molecule has 0 aliphatic carbocycles. The van der Waals surface area contributed by atoms with Crippen LogP contribution in [0, 0.1) is 11.8 Å². The van der Waals surface area contributed by atoms with E-state index in [0.29, 0.717) is 25.8 Å². The fourth-order valence-electron chi connectivity index (χ4n) is 1.95. The number of aliphatic hydroxyl groups excluding tert-OH is 1. The zero-order chi connectivity index (χ0) is 13.7. The van der Waals surface area contributed by atoms with Crippen molar-refractivity contribution < 1.29 is 14.7 Å². The Balaban J connectivity index is 2.09. The van der Waals surface area contributed by atoms with Gasteiger partial charge in [-0.05, 0) is 17.7 Å². The lowest BCUT2D eigenvalue weighted by molar-refractivity contribution is -0.139. The summed E-state index contributed by atoms with van der Waals surface area (Å²) in [6, 6.07) is 7.45. The topological polar surface area (TPSA) is 57.6 Å². The lowest BCUT2D eigenvalue weighted by atomic mass is 10.1. The summed E-state index contributed by atoms with van der Waals surface area (Å²) in [5, 5.41) is 8.66. The van der Waals surface area contributed by atoms with E-state index in [1.54, 1.807) is 0 Å². The molecule has 2 rings (SSSR count). The number of rotatable bonds is 3. The van der Waals surface area contributed by atoms with E-state index in [4.69, 9.17) is 5.11 Å². The van der Waals surface area contributed by atoms with Crippen LogP contribution in [0.4, 0.5) is 0 Å². The molecule has 1 N–H and O–H groups in total. The van der Waals surface area contributed by atoms with Crippen molar-refractivity contribution in [2.75, 3.05) is 6.61 Å². The predicted molar refractivity (Wildman–Crippen MR) is 69.8 cm³/mol. The molecule has 0 atom stereocenters. The summed E-state index contributed by atoms with van der Waals surface area (Å²) in [7, 11) is 0. The molecular formula is C15H15NO3. The molecule has 1 aromatic carbocycles. The van der Waals surface area contributed by atoms with Gasteiger partial charge in [-0.25, -0.2) is 0 Å². The van der Waals surface area contributed by atoms with Gasteiger partial charge in [0.05, 0.1) is 13.2 Å². The number of likely N-dealkylation sites (tertiary alicyclic amines) is 1. The van der Waals surface area contributed by atoms with Crippen molar-refractivity contribution in [3.05, 3.63) is 35.4 Å². The Morgan fingerprint density at radius 1 is 1.21 bits per heavy atom. The van der Waals surface area contributed by atoms with Gasteiger partial charge >= 0.3 is 0 Å². The lowest BCUT2D eigenvalue weighted by Gasteiger charge is -2.13. The Morgan fingerprint density at radius 3 is 2.63 bits per heavy atom. The van der Waals surface area contributed by atoms with Gasteiger partial charge in [0.2, 0.25) is 11.8 Å². The van der Waals surface area contributed by atoms with Crippen LogP contribution in [0.5, 0.6) is 0 Å². The first-order chi connectivity index (χ1) is 9.20. The third-order valence-corrected chi connectivity index (χ3v) is 2.89. The van der Waals surface area contributed by atoms with E-state index in [2.05, 4.69) is 11.8 Å². The SMILES string of the molecule is O=C1CCC(=O)N1Cc1cccc(C#CCCO)c1. The molecule has 4 heteroatoms. The zero-order valence-electron chi connectivity index (χ0n) is 10.6. The molecule has 1 aromatic rings. The summed E-state index contributed by atoms with van der Waals surface area (Å²) in [6.45, 7) is 0.358. The third kappa shape index (κ3) is 3.43. The van der Waals surface area contributed by atoms with Crippen LogP contribution >= 0.6 is 0 Å². The number of nitrogens with zero attached hydrogens (tertiary/aromatic N) is 1. The van der Waals surface area contributed by atoms with E-state index in [1.807, 2.05) is 24.3 Å². The Bertz CT molecular complexity index is 538. The summed E-state index contributed by atoms with van der Waals surface area (Å²) in [6.07, 6.45) is 1.07. The minimum atomic E-state index is -0.109. The quantitative estimate of drug-likeness (QED) is 0.651. The minimum absolute atomic E-state index is 0.0451. The summed E-state index contributed by atoms with van der Waals surface area (Å²) in [5.74, 6) is 5.56. The monoisotopic (exact) mass is 257 g/mol. The van der Waals surface area contributed by atoms with Crippen LogP contribution in [0.2, 0.25) is 0 Å². The van der Waals surface area contributed by atoms with Gasteiger partial charge < -0.3 is 5.11 Å². The normalized spacial score (nSPS) is 14.5. The van der Waals surface area contributed by atoms with Gasteiger partial charge in [-0.2, -0.15) is 0 Å². The fourth-order valence-corrected chi connectivity index (χ4v) is 1.95. The van der Waals surface area contributed by atoms with Crippen LogP contribution in [0.3, 0.4) is 0 Å². The van der Waals surface area contributed by atoms with Gasteiger partial charge in [0.1, 0.15) is 0 Å². The van der Waals surface area contributed by atoms with E-state index in [1.165, 1.54) is 4.90 Å². The number of aliphatic hydroxyl groups is 1. The Kier molecular flexibility index (Phi) is 4.32. The van der Waals surface area contributed by atoms with Crippen molar-refractivity contribution >= 4 is 11.8 Å². The molecule has 1 fully saturated rings. The first-order valence-electron chi connectivity index (χ1n) is 6.22. The van der Waals surface area contributed by atoms with Crippen molar-refractivity contribution in [2.45, 2.75) is 25.8 Å². The highest BCUT2D eigenvalue weighted by Gasteiger charge is 2.28. The highest BCUT2D eigenvalue weighted by atomic mass is 16.2. The van der Waals surface area contributed by atoms with Crippen LogP contribution < -0.4 is 0 Å². The van der Waals surface area contributed by atoms with Crippen molar-refractivity contribution in [1.82, 2.24) is 4.90 Å². The predicted octanol–water partition coefficient (Wildman–Crippen LogP) is 1.07. The van der Waals surface area contributed by atoms with Crippen molar-refractivity contribution in [1.29, 1.82) is 0 Å². The van der Waals surface area contributed by atoms with E-state index in [9.17, 15) is 9.59 Å². The van der Waals surface area contributed by atoms with Crippen LogP contribution in [-0.2, 0) is 16.1 Å². The number of benzene rings is 1. The maximum absolute atomic E-state index is 11.5. The highest BCUT2D eigenvalue weighted by Crippen LogP contribution is 2.16.